The van der Waals surface area contributed by atoms with E-state index in [-0.39, 0.29) is 24.0 Å². The van der Waals surface area contributed by atoms with E-state index in [9.17, 15) is 4.79 Å². The second-order valence-electron chi connectivity index (χ2n) is 6.35. The maximum atomic E-state index is 12.5. The normalized spacial score (nSPS) is 29.8. The van der Waals surface area contributed by atoms with Crippen LogP contribution in [0.25, 0.3) is 0 Å². The average molecular weight is 303 g/mol. The molecule has 0 radical (unpaired) electrons. The van der Waals surface area contributed by atoms with Gasteiger partial charge in [-0.25, -0.2) is 0 Å². The number of hydrogen-bond acceptors (Lipinski definition) is 3. The van der Waals surface area contributed by atoms with Crippen LogP contribution in [0.1, 0.15) is 51.4 Å². The Balaban J connectivity index is 0.00000147. The topological polar surface area (TPSA) is 41.6 Å². The van der Waals surface area contributed by atoms with Gasteiger partial charge in [-0.2, -0.15) is 0 Å². The van der Waals surface area contributed by atoms with E-state index in [0.717, 1.165) is 51.9 Å². The van der Waals surface area contributed by atoms with Gasteiger partial charge < -0.3 is 15.0 Å². The van der Waals surface area contributed by atoms with E-state index in [1.165, 1.54) is 25.7 Å². The molecule has 1 unspecified atom stereocenters. The summed E-state index contributed by atoms with van der Waals surface area (Å²) in [4.78, 5) is 14.6. The molecule has 2 saturated heterocycles. The average Bonchev–Trinajstić information content (AvgIpc) is 2.88. The Morgan fingerprint density at radius 3 is 2.55 bits per heavy atom. The van der Waals surface area contributed by atoms with Gasteiger partial charge >= 0.3 is 0 Å². The van der Waals surface area contributed by atoms with Crippen LogP contribution in [0.15, 0.2) is 0 Å². The number of halogens is 1. The van der Waals surface area contributed by atoms with E-state index in [1.807, 2.05) is 0 Å². The van der Waals surface area contributed by atoms with Gasteiger partial charge in [-0.05, 0) is 32.2 Å². The van der Waals surface area contributed by atoms with Crippen molar-refractivity contribution >= 4 is 18.3 Å². The third-order valence-corrected chi connectivity index (χ3v) is 4.93. The van der Waals surface area contributed by atoms with Crippen molar-refractivity contribution in [3.8, 4) is 0 Å². The zero-order chi connectivity index (χ0) is 13.1. The Labute approximate surface area is 128 Å². The van der Waals surface area contributed by atoms with Crippen molar-refractivity contribution in [3.05, 3.63) is 0 Å². The molecular weight excluding hydrogens is 276 g/mol. The molecule has 0 bridgehead atoms. The molecule has 4 nitrogen and oxygen atoms in total. The lowest BCUT2D eigenvalue weighted by molar-refractivity contribution is -0.154. The van der Waals surface area contributed by atoms with Crippen molar-refractivity contribution in [2.45, 2.75) is 63.0 Å². The number of amides is 1. The maximum absolute atomic E-state index is 12.5. The molecule has 5 heteroatoms. The maximum Gasteiger partial charge on any atom is 0.239 e. The first-order valence-corrected chi connectivity index (χ1v) is 7.95. The van der Waals surface area contributed by atoms with Crippen LogP contribution in [-0.2, 0) is 9.53 Å². The van der Waals surface area contributed by atoms with E-state index < -0.39 is 0 Å². The fraction of sp³-hybridized carbons (Fsp3) is 0.933. The van der Waals surface area contributed by atoms with Gasteiger partial charge in [0.2, 0.25) is 5.91 Å². The summed E-state index contributed by atoms with van der Waals surface area (Å²) in [5, 5.41) is 3.33. The van der Waals surface area contributed by atoms with Crippen molar-refractivity contribution in [2.24, 2.45) is 0 Å². The van der Waals surface area contributed by atoms with E-state index in [4.69, 9.17) is 4.74 Å². The number of carbonyl (C=O) groups excluding carboxylic acids is 1. The van der Waals surface area contributed by atoms with Gasteiger partial charge in [-0.3, -0.25) is 4.79 Å². The standard InChI is InChI=1S/C15H26N2O2.ClH/c18-14(13-6-5-9-16-13)17-10-11-19-15(12-17)7-3-1-2-4-8-15;/h13,16H,1-12H2;1H. The molecule has 0 aromatic heterocycles. The number of nitrogens with one attached hydrogen (secondary N) is 1. The summed E-state index contributed by atoms with van der Waals surface area (Å²) >= 11 is 0. The Morgan fingerprint density at radius 1 is 1.15 bits per heavy atom. The van der Waals surface area contributed by atoms with Crippen LogP contribution < -0.4 is 5.32 Å². The number of carbonyl (C=O) groups is 1. The fourth-order valence-electron chi connectivity index (χ4n) is 3.82. The molecule has 1 spiro atoms. The van der Waals surface area contributed by atoms with Crippen LogP contribution in [0.2, 0.25) is 0 Å². The lowest BCUT2D eigenvalue weighted by atomic mass is 9.92. The van der Waals surface area contributed by atoms with Gasteiger partial charge in [0.25, 0.3) is 0 Å². The van der Waals surface area contributed by atoms with Crippen molar-refractivity contribution in [2.75, 3.05) is 26.2 Å². The van der Waals surface area contributed by atoms with Gasteiger partial charge in [0.1, 0.15) is 0 Å². The third kappa shape index (κ3) is 3.46. The van der Waals surface area contributed by atoms with Crippen molar-refractivity contribution < 1.29 is 9.53 Å². The zero-order valence-electron chi connectivity index (χ0n) is 12.2. The predicted octanol–water partition coefficient (Wildman–Crippen LogP) is 2.11. The lowest BCUT2D eigenvalue weighted by Crippen LogP contribution is -2.56. The minimum Gasteiger partial charge on any atom is -0.371 e. The summed E-state index contributed by atoms with van der Waals surface area (Å²) in [5.41, 5.74) is -0.0248. The molecule has 3 rings (SSSR count). The minimum absolute atomic E-state index is 0. The smallest absolute Gasteiger partial charge is 0.239 e. The molecule has 1 saturated carbocycles. The monoisotopic (exact) mass is 302 g/mol. The minimum atomic E-state index is -0.0248. The summed E-state index contributed by atoms with van der Waals surface area (Å²) in [6.45, 7) is 3.31. The van der Waals surface area contributed by atoms with E-state index in [2.05, 4.69) is 10.2 Å². The van der Waals surface area contributed by atoms with Gasteiger partial charge in [-0.15, -0.1) is 12.4 Å². The Hall–Kier alpha value is -0.320. The first kappa shape index (κ1) is 16.1. The quantitative estimate of drug-likeness (QED) is 0.806. The lowest BCUT2D eigenvalue weighted by Gasteiger charge is -2.43. The Kier molecular flexibility index (Phi) is 5.70. The number of ether oxygens (including phenoxy) is 1. The second-order valence-corrected chi connectivity index (χ2v) is 6.35. The van der Waals surface area contributed by atoms with Crippen LogP contribution in [0.3, 0.4) is 0 Å². The Bertz CT molecular complexity index is 324. The molecule has 20 heavy (non-hydrogen) atoms. The predicted molar refractivity (Wildman–Crippen MR) is 81.2 cm³/mol. The molecule has 0 aromatic rings. The van der Waals surface area contributed by atoms with E-state index in [1.54, 1.807) is 0 Å². The molecule has 116 valence electrons. The largest absolute Gasteiger partial charge is 0.371 e. The van der Waals surface area contributed by atoms with Crippen LogP contribution in [-0.4, -0.2) is 48.7 Å². The van der Waals surface area contributed by atoms with Crippen LogP contribution in [0.5, 0.6) is 0 Å². The highest BCUT2D eigenvalue weighted by atomic mass is 35.5. The molecule has 2 aliphatic heterocycles. The van der Waals surface area contributed by atoms with Crippen LogP contribution in [0, 0.1) is 0 Å². The molecule has 1 amide bonds. The van der Waals surface area contributed by atoms with Crippen LogP contribution in [0.4, 0.5) is 0 Å². The van der Waals surface area contributed by atoms with E-state index >= 15 is 0 Å². The SMILES string of the molecule is Cl.O=C(C1CCCN1)N1CCOC2(CCCCCC2)C1. The highest BCUT2D eigenvalue weighted by Gasteiger charge is 2.40. The fourth-order valence-corrected chi connectivity index (χ4v) is 3.82. The van der Waals surface area contributed by atoms with Crippen molar-refractivity contribution in [1.82, 2.24) is 10.2 Å². The van der Waals surface area contributed by atoms with E-state index in [0.29, 0.717) is 5.91 Å². The Morgan fingerprint density at radius 2 is 1.90 bits per heavy atom. The molecule has 1 aliphatic carbocycles. The first-order chi connectivity index (χ1) is 9.29. The summed E-state index contributed by atoms with van der Waals surface area (Å²) < 4.78 is 6.12. The van der Waals surface area contributed by atoms with Crippen molar-refractivity contribution in [3.63, 3.8) is 0 Å². The molecular formula is C15H27ClN2O2. The second kappa shape index (κ2) is 7.10. The molecule has 1 atom stereocenters. The van der Waals surface area contributed by atoms with Gasteiger partial charge in [-0.1, -0.05) is 25.7 Å². The number of hydrogen-bond donors (Lipinski definition) is 1. The molecule has 2 heterocycles. The van der Waals surface area contributed by atoms with Gasteiger partial charge in [0.05, 0.1) is 18.2 Å². The molecule has 1 N–H and O–H groups in total. The van der Waals surface area contributed by atoms with Gasteiger partial charge in [0.15, 0.2) is 0 Å². The number of morpholine rings is 1. The van der Waals surface area contributed by atoms with Crippen molar-refractivity contribution in [1.29, 1.82) is 0 Å². The molecule has 3 fully saturated rings. The summed E-state index contributed by atoms with van der Waals surface area (Å²) in [6.07, 6.45) is 9.55. The van der Waals surface area contributed by atoms with Gasteiger partial charge in [0, 0.05) is 13.1 Å². The first-order valence-electron chi connectivity index (χ1n) is 7.95. The highest BCUT2D eigenvalue weighted by molar-refractivity contribution is 5.85. The molecule has 3 aliphatic rings. The zero-order valence-corrected chi connectivity index (χ0v) is 13.1. The van der Waals surface area contributed by atoms with Crippen LogP contribution >= 0.6 is 12.4 Å². The number of rotatable bonds is 1. The third-order valence-electron chi connectivity index (χ3n) is 4.93. The molecule has 0 aromatic carbocycles. The number of nitrogens with zero attached hydrogens (tertiary/aromatic N) is 1. The summed E-state index contributed by atoms with van der Waals surface area (Å²) in [6, 6.07) is 0.0703. The summed E-state index contributed by atoms with van der Waals surface area (Å²) in [5.74, 6) is 0.310. The summed E-state index contributed by atoms with van der Waals surface area (Å²) in [7, 11) is 0. The highest BCUT2D eigenvalue weighted by Crippen LogP contribution is 2.33.